The number of esters is 1. The van der Waals surface area contributed by atoms with Crippen LogP contribution in [0.2, 0.25) is 0 Å². The molecule has 0 heterocycles. The van der Waals surface area contributed by atoms with E-state index in [9.17, 15) is 19.8 Å². The van der Waals surface area contributed by atoms with E-state index in [1.807, 2.05) is 0 Å². The highest BCUT2D eigenvalue weighted by atomic mass is 16.5. The fourth-order valence-electron chi connectivity index (χ4n) is 9.99. The van der Waals surface area contributed by atoms with Crippen LogP contribution in [0.3, 0.4) is 0 Å². The lowest BCUT2D eigenvalue weighted by atomic mass is 10.0. The molecule has 3 N–H and O–H groups in total. The van der Waals surface area contributed by atoms with Gasteiger partial charge in [-0.25, -0.2) is 0 Å². The molecular formula is C63H123NO5. The molecular weight excluding hydrogens is 851 g/mol. The Morgan fingerprint density at radius 2 is 0.681 bits per heavy atom. The Hall–Kier alpha value is -1.40. The van der Waals surface area contributed by atoms with Crippen LogP contribution >= 0.6 is 0 Å². The second kappa shape index (κ2) is 59.2. The maximum Gasteiger partial charge on any atom is 0.305 e. The summed E-state index contributed by atoms with van der Waals surface area (Å²) in [6.07, 6.45) is 71.0. The third-order valence-corrected chi connectivity index (χ3v) is 14.8. The van der Waals surface area contributed by atoms with Crippen LogP contribution in [0.15, 0.2) is 12.2 Å². The van der Waals surface area contributed by atoms with E-state index in [4.69, 9.17) is 4.74 Å². The summed E-state index contributed by atoms with van der Waals surface area (Å²) in [5.74, 6) is -0.0158. The molecule has 410 valence electrons. The molecule has 0 aromatic heterocycles. The van der Waals surface area contributed by atoms with Crippen LogP contribution in [0.5, 0.6) is 0 Å². The minimum absolute atomic E-state index is 0.0185. The van der Waals surface area contributed by atoms with Crippen molar-refractivity contribution >= 4 is 11.9 Å². The summed E-state index contributed by atoms with van der Waals surface area (Å²) >= 11 is 0. The predicted octanol–water partition coefficient (Wildman–Crippen LogP) is 19.6. The molecule has 0 aromatic carbocycles. The molecule has 0 bridgehead atoms. The van der Waals surface area contributed by atoms with Gasteiger partial charge in [-0.1, -0.05) is 302 Å². The van der Waals surface area contributed by atoms with Crippen LogP contribution in [0.1, 0.15) is 354 Å². The Kier molecular flexibility index (Phi) is 58.0. The number of rotatable bonds is 59. The highest BCUT2D eigenvalue weighted by Gasteiger charge is 2.20. The van der Waals surface area contributed by atoms with Crippen LogP contribution in [-0.2, 0) is 14.3 Å². The first kappa shape index (κ1) is 67.6. The van der Waals surface area contributed by atoms with Gasteiger partial charge in [-0.2, -0.15) is 0 Å². The smallest absolute Gasteiger partial charge is 0.305 e. The highest BCUT2D eigenvalue weighted by molar-refractivity contribution is 5.76. The van der Waals surface area contributed by atoms with Crippen molar-refractivity contribution in [3.8, 4) is 0 Å². The third-order valence-electron chi connectivity index (χ3n) is 14.8. The molecule has 0 saturated carbocycles. The van der Waals surface area contributed by atoms with Gasteiger partial charge in [0.05, 0.1) is 25.4 Å². The number of aliphatic hydroxyl groups excluding tert-OH is 2. The summed E-state index contributed by atoms with van der Waals surface area (Å²) in [6.45, 7) is 4.96. The maximum absolute atomic E-state index is 12.4. The minimum atomic E-state index is -0.661. The second-order valence-electron chi connectivity index (χ2n) is 21.7. The molecule has 0 radical (unpaired) electrons. The minimum Gasteiger partial charge on any atom is -0.466 e. The maximum atomic E-state index is 12.4. The van der Waals surface area contributed by atoms with Crippen molar-refractivity contribution in [2.45, 2.75) is 366 Å². The van der Waals surface area contributed by atoms with Gasteiger partial charge >= 0.3 is 5.97 Å². The van der Waals surface area contributed by atoms with Crippen molar-refractivity contribution < 1.29 is 24.5 Å². The molecule has 0 aliphatic rings. The highest BCUT2D eigenvalue weighted by Crippen LogP contribution is 2.18. The van der Waals surface area contributed by atoms with Gasteiger partial charge < -0.3 is 20.3 Å². The molecule has 1 amide bonds. The van der Waals surface area contributed by atoms with Crippen molar-refractivity contribution in [1.82, 2.24) is 5.32 Å². The van der Waals surface area contributed by atoms with E-state index in [0.29, 0.717) is 25.9 Å². The Bertz CT molecular complexity index is 1030. The van der Waals surface area contributed by atoms with E-state index >= 15 is 0 Å². The number of hydrogen-bond donors (Lipinski definition) is 3. The fourth-order valence-corrected chi connectivity index (χ4v) is 9.99. The number of carbonyl (C=O) groups is 2. The quantitative estimate of drug-likeness (QED) is 0.0321. The number of hydrogen-bond acceptors (Lipinski definition) is 5. The molecule has 0 aliphatic carbocycles. The van der Waals surface area contributed by atoms with E-state index in [1.165, 1.54) is 283 Å². The summed E-state index contributed by atoms with van der Waals surface area (Å²) in [6, 6.07) is -0.538. The molecule has 6 heteroatoms. The van der Waals surface area contributed by atoms with E-state index in [1.54, 1.807) is 0 Å². The summed E-state index contributed by atoms with van der Waals surface area (Å²) < 4.78 is 5.48. The van der Waals surface area contributed by atoms with Gasteiger partial charge in [0, 0.05) is 12.8 Å². The lowest BCUT2D eigenvalue weighted by Crippen LogP contribution is -2.45. The van der Waals surface area contributed by atoms with Crippen molar-refractivity contribution in [3.63, 3.8) is 0 Å². The van der Waals surface area contributed by atoms with Crippen LogP contribution in [0.4, 0.5) is 0 Å². The lowest BCUT2D eigenvalue weighted by molar-refractivity contribution is -0.143. The van der Waals surface area contributed by atoms with Gasteiger partial charge in [0.25, 0.3) is 0 Å². The van der Waals surface area contributed by atoms with Crippen LogP contribution in [0, 0.1) is 0 Å². The van der Waals surface area contributed by atoms with E-state index in [2.05, 4.69) is 31.3 Å². The fraction of sp³-hybridized carbons (Fsp3) is 0.937. The zero-order valence-corrected chi connectivity index (χ0v) is 46.8. The van der Waals surface area contributed by atoms with E-state index in [0.717, 1.165) is 38.5 Å². The monoisotopic (exact) mass is 974 g/mol. The third kappa shape index (κ3) is 55.8. The molecule has 0 aromatic rings. The molecule has 6 nitrogen and oxygen atoms in total. The average molecular weight is 975 g/mol. The van der Waals surface area contributed by atoms with Gasteiger partial charge in [0.2, 0.25) is 5.91 Å². The Balaban J connectivity index is 3.33. The van der Waals surface area contributed by atoms with Crippen LogP contribution in [-0.4, -0.2) is 47.4 Å². The first-order chi connectivity index (χ1) is 34.0. The Morgan fingerprint density at radius 1 is 0.391 bits per heavy atom. The largest absolute Gasteiger partial charge is 0.466 e. The molecule has 69 heavy (non-hydrogen) atoms. The summed E-state index contributed by atoms with van der Waals surface area (Å²) in [7, 11) is 0. The van der Waals surface area contributed by atoms with Crippen molar-refractivity contribution in [2.24, 2.45) is 0 Å². The van der Waals surface area contributed by atoms with Gasteiger partial charge in [-0.3, -0.25) is 9.59 Å². The van der Waals surface area contributed by atoms with Crippen molar-refractivity contribution in [2.75, 3.05) is 13.2 Å². The zero-order valence-electron chi connectivity index (χ0n) is 46.8. The van der Waals surface area contributed by atoms with Gasteiger partial charge in [-0.15, -0.1) is 0 Å². The standard InChI is InChI=1S/C63H123NO5/c1-3-5-7-9-11-13-15-33-37-41-45-49-53-57-63(68)69-58-54-50-46-42-38-35-32-30-28-26-24-22-20-18-16-17-19-21-23-25-27-29-31-34-36-40-44-48-52-56-62(67)64-60(59-65)61(66)55-51-47-43-39-14-12-10-8-6-4-2/h16,18,60-61,65-66H,3-15,17,19-59H2,1-2H3,(H,64,67)/b18-16-. The van der Waals surface area contributed by atoms with Crippen molar-refractivity contribution in [3.05, 3.63) is 12.2 Å². The number of carbonyl (C=O) groups excluding carboxylic acids is 2. The Morgan fingerprint density at radius 3 is 1.03 bits per heavy atom. The molecule has 0 aliphatic heterocycles. The number of allylic oxidation sites excluding steroid dienone is 2. The van der Waals surface area contributed by atoms with E-state index in [-0.39, 0.29) is 18.5 Å². The molecule has 2 unspecified atom stereocenters. The zero-order chi connectivity index (χ0) is 50.0. The number of unbranched alkanes of at least 4 members (excludes halogenated alkanes) is 46. The van der Waals surface area contributed by atoms with Crippen LogP contribution in [0.25, 0.3) is 0 Å². The first-order valence-corrected chi connectivity index (χ1v) is 31.4. The molecule has 0 fully saturated rings. The molecule has 0 spiro atoms. The topological polar surface area (TPSA) is 95.9 Å². The van der Waals surface area contributed by atoms with Crippen LogP contribution < -0.4 is 5.32 Å². The van der Waals surface area contributed by atoms with E-state index < -0.39 is 12.1 Å². The molecule has 2 atom stereocenters. The number of ether oxygens (including phenoxy) is 1. The van der Waals surface area contributed by atoms with Gasteiger partial charge in [0.15, 0.2) is 0 Å². The predicted molar refractivity (Wildman–Crippen MR) is 301 cm³/mol. The summed E-state index contributed by atoms with van der Waals surface area (Å²) in [5, 5.41) is 23.2. The molecule has 0 saturated heterocycles. The average Bonchev–Trinajstić information content (AvgIpc) is 3.35. The first-order valence-electron chi connectivity index (χ1n) is 31.4. The number of aliphatic hydroxyl groups is 2. The van der Waals surface area contributed by atoms with Crippen molar-refractivity contribution in [1.29, 1.82) is 0 Å². The lowest BCUT2D eigenvalue weighted by Gasteiger charge is -2.22. The molecule has 0 rings (SSSR count). The van der Waals surface area contributed by atoms with Gasteiger partial charge in [-0.05, 0) is 51.4 Å². The number of amides is 1. The SMILES string of the molecule is CCCCCCCCCCCCCCCC(=O)OCCCCCCCCCCCCCC/C=C\CCCCCCCCCCCCCCCC(=O)NC(CO)C(O)CCCCCCCCCCCC. The number of nitrogens with one attached hydrogen (secondary N) is 1. The normalized spacial score (nSPS) is 12.6. The Labute approximate surface area is 431 Å². The van der Waals surface area contributed by atoms with Gasteiger partial charge in [0.1, 0.15) is 0 Å². The summed E-state index contributed by atoms with van der Waals surface area (Å²) in [4.78, 5) is 24.5. The summed E-state index contributed by atoms with van der Waals surface area (Å²) in [5.41, 5.74) is 0. The second-order valence-corrected chi connectivity index (χ2v) is 21.7.